The zero-order chi connectivity index (χ0) is 22.3. The highest BCUT2D eigenvalue weighted by Gasteiger charge is 2.53. The second-order valence-corrected chi connectivity index (χ2v) is 11.6. The summed E-state index contributed by atoms with van der Waals surface area (Å²) < 4.78 is 5.49. The zero-order valence-electron chi connectivity index (χ0n) is 20.3. The minimum Gasteiger partial charge on any atom is -0.458 e. The predicted molar refractivity (Wildman–Crippen MR) is 122 cm³/mol. The molecule has 2 fully saturated rings. The Labute approximate surface area is 184 Å². The highest BCUT2D eigenvalue weighted by Crippen LogP contribution is 2.51. The molecule has 0 aromatic rings. The first-order valence-electron chi connectivity index (χ1n) is 12.1. The van der Waals surface area contributed by atoms with E-state index in [0.717, 1.165) is 30.9 Å². The van der Waals surface area contributed by atoms with Crippen LogP contribution in [0.25, 0.3) is 0 Å². The van der Waals surface area contributed by atoms with E-state index in [1.165, 1.54) is 32.9 Å². The van der Waals surface area contributed by atoms with Crippen molar-refractivity contribution in [3.05, 3.63) is 18.1 Å². The van der Waals surface area contributed by atoms with Crippen LogP contribution in [0.3, 0.4) is 0 Å². The number of hydrogen-bond donors (Lipinski definition) is 1. The summed E-state index contributed by atoms with van der Waals surface area (Å²) in [4.78, 5) is 14.2. The van der Waals surface area contributed by atoms with Gasteiger partial charge in [-0.05, 0) is 80.4 Å². The third kappa shape index (κ3) is 4.96. The minimum atomic E-state index is -0.893. The lowest BCUT2D eigenvalue weighted by molar-refractivity contribution is -0.148. The largest absolute Gasteiger partial charge is 0.458 e. The number of nitrogens with zero attached hydrogens (tertiary/aromatic N) is 1. The summed E-state index contributed by atoms with van der Waals surface area (Å²) in [7, 11) is 0. The van der Waals surface area contributed by atoms with Gasteiger partial charge in [-0.25, -0.2) is 0 Å². The number of aliphatic hydroxyl groups is 1. The van der Waals surface area contributed by atoms with Gasteiger partial charge in [0.2, 0.25) is 0 Å². The first-order valence-corrected chi connectivity index (χ1v) is 12.1. The molecule has 1 heterocycles. The smallest absolute Gasteiger partial charge is 0.303 e. The van der Waals surface area contributed by atoms with Gasteiger partial charge in [0.25, 0.3) is 0 Å². The van der Waals surface area contributed by atoms with Crippen molar-refractivity contribution in [2.75, 3.05) is 19.6 Å². The second kappa shape index (κ2) is 8.94. The van der Waals surface area contributed by atoms with Gasteiger partial charge in [0.1, 0.15) is 6.10 Å². The molecule has 1 saturated carbocycles. The normalized spacial score (nSPS) is 37.3. The molecule has 0 aromatic heterocycles. The Morgan fingerprint density at radius 1 is 1.27 bits per heavy atom. The van der Waals surface area contributed by atoms with Crippen LogP contribution in [-0.2, 0) is 9.53 Å². The number of carbonyl (C=O) groups is 1. The lowest BCUT2D eigenvalue weighted by Gasteiger charge is -2.53. The molecule has 171 valence electrons. The van der Waals surface area contributed by atoms with Crippen LogP contribution in [0.5, 0.6) is 0 Å². The van der Waals surface area contributed by atoms with Crippen LogP contribution in [0.1, 0.15) is 74.1 Å². The molecule has 0 aromatic carbocycles. The van der Waals surface area contributed by atoms with Crippen LogP contribution >= 0.6 is 0 Å². The van der Waals surface area contributed by atoms with Gasteiger partial charge < -0.3 is 14.7 Å². The minimum absolute atomic E-state index is 0.107. The molecule has 1 radical (unpaired) electrons. The maximum absolute atomic E-state index is 11.7. The van der Waals surface area contributed by atoms with Gasteiger partial charge in [0.15, 0.2) is 0 Å². The molecule has 2 aliphatic carbocycles. The summed E-state index contributed by atoms with van der Waals surface area (Å²) in [5.41, 5.74) is 0.569. The Bertz CT molecular complexity index is 643. The molecule has 0 spiro atoms. The number of likely N-dealkylation sites (tertiary alicyclic amines) is 1. The Kier molecular flexibility index (Phi) is 7.09. The molecule has 3 aliphatic rings. The maximum atomic E-state index is 11.7. The van der Waals surface area contributed by atoms with E-state index in [0.29, 0.717) is 17.3 Å². The molecule has 4 heteroatoms. The predicted octanol–water partition coefficient (Wildman–Crippen LogP) is 4.87. The van der Waals surface area contributed by atoms with E-state index in [1.807, 2.05) is 13.3 Å². The number of hydrogen-bond acceptors (Lipinski definition) is 4. The third-order valence-corrected chi connectivity index (χ3v) is 8.41. The van der Waals surface area contributed by atoms with Gasteiger partial charge in [-0.15, -0.1) is 0 Å². The molecule has 1 saturated heterocycles. The Hall–Kier alpha value is -0.870. The van der Waals surface area contributed by atoms with Crippen molar-refractivity contribution in [1.29, 1.82) is 0 Å². The van der Waals surface area contributed by atoms with Crippen LogP contribution in [0, 0.1) is 41.4 Å². The SMILES string of the molecule is CC(=O)O[C@@H]1[CH][C@@]2(O)[C@H](C)CC[C@@H](C(C)CN3CCC(C(C)(C)C)CC3)[C@H]2C=C1C. The van der Waals surface area contributed by atoms with E-state index in [2.05, 4.69) is 45.6 Å². The second-order valence-electron chi connectivity index (χ2n) is 11.6. The topological polar surface area (TPSA) is 49.8 Å². The van der Waals surface area contributed by atoms with E-state index in [9.17, 15) is 9.90 Å². The molecular formula is C26H44NO3. The summed E-state index contributed by atoms with van der Waals surface area (Å²) in [5.74, 6) is 1.80. The molecule has 3 rings (SSSR count). The van der Waals surface area contributed by atoms with Crippen molar-refractivity contribution < 1.29 is 14.6 Å². The van der Waals surface area contributed by atoms with Crippen LogP contribution in [-0.4, -0.2) is 47.3 Å². The molecule has 6 atom stereocenters. The molecular weight excluding hydrogens is 374 g/mol. The van der Waals surface area contributed by atoms with Gasteiger partial charge in [0, 0.05) is 25.8 Å². The third-order valence-electron chi connectivity index (χ3n) is 8.41. The van der Waals surface area contributed by atoms with Crippen molar-refractivity contribution in [3.63, 3.8) is 0 Å². The Morgan fingerprint density at radius 3 is 2.47 bits per heavy atom. The fourth-order valence-corrected chi connectivity index (χ4v) is 6.28. The van der Waals surface area contributed by atoms with Crippen molar-refractivity contribution in [1.82, 2.24) is 4.90 Å². The van der Waals surface area contributed by atoms with Crippen LogP contribution in [0.2, 0.25) is 0 Å². The van der Waals surface area contributed by atoms with Crippen molar-refractivity contribution in [2.45, 2.75) is 85.9 Å². The monoisotopic (exact) mass is 418 g/mol. The highest BCUT2D eigenvalue weighted by molar-refractivity contribution is 5.66. The molecule has 0 bridgehead atoms. The zero-order valence-corrected chi connectivity index (χ0v) is 20.3. The van der Waals surface area contributed by atoms with Crippen molar-refractivity contribution >= 4 is 5.97 Å². The van der Waals surface area contributed by atoms with E-state index in [-0.39, 0.29) is 17.8 Å². The number of rotatable bonds is 4. The lowest BCUT2D eigenvalue weighted by Crippen LogP contribution is -2.56. The van der Waals surface area contributed by atoms with Crippen molar-refractivity contribution in [3.8, 4) is 0 Å². The summed E-state index contributed by atoms with van der Waals surface area (Å²) in [5, 5.41) is 11.7. The van der Waals surface area contributed by atoms with E-state index >= 15 is 0 Å². The average Bonchev–Trinajstić information content (AvgIpc) is 2.64. The first kappa shape index (κ1) is 23.8. The van der Waals surface area contributed by atoms with Crippen LogP contribution < -0.4 is 0 Å². The Morgan fingerprint density at radius 2 is 1.90 bits per heavy atom. The summed E-state index contributed by atoms with van der Waals surface area (Å²) >= 11 is 0. The Balaban J connectivity index is 1.69. The summed E-state index contributed by atoms with van der Waals surface area (Å²) in [6, 6.07) is 0. The molecule has 1 N–H and O–H groups in total. The number of carbonyl (C=O) groups excluding carboxylic acids is 1. The van der Waals surface area contributed by atoms with Gasteiger partial charge in [0.05, 0.1) is 5.60 Å². The summed E-state index contributed by atoms with van der Waals surface area (Å²) in [6.45, 7) is 18.6. The first-order chi connectivity index (χ1) is 13.9. The van der Waals surface area contributed by atoms with Gasteiger partial charge in [-0.3, -0.25) is 4.79 Å². The van der Waals surface area contributed by atoms with E-state index in [1.54, 1.807) is 0 Å². The van der Waals surface area contributed by atoms with Gasteiger partial charge >= 0.3 is 5.97 Å². The van der Waals surface area contributed by atoms with E-state index < -0.39 is 11.7 Å². The number of fused-ring (bicyclic) bond motifs is 1. The molecule has 1 unspecified atom stereocenters. The lowest BCUT2D eigenvalue weighted by atomic mass is 9.57. The molecule has 4 nitrogen and oxygen atoms in total. The number of esters is 1. The summed E-state index contributed by atoms with van der Waals surface area (Å²) in [6.07, 6.45) is 8.50. The molecule has 1 aliphatic heterocycles. The molecule has 30 heavy (non-hydrogen) atoms. The fraction of sp³-hybridized carbons (Fsp3) is 0.846. The number of ether oxygens (including phenoxy) is 1. The van der Waals surface area contributed by atoms with Crippen LogP contribution in [0.15, 0.2) is 11.6 Å². The molecule has 0 amide bonds. The van der Waals surface area contributed by atoms with E-state index in [4.69, 9.17) is 4.74 Å². The van der Waals surface area contributed by atoms with Crippen molar-refractivity contribution in [2.24, 2.45) is 35.0 Å². The fourth-order valence-electron chi connectivity index (χ4n) is 6.28. The quantitative estimate of drug-likeness (QED) is 0.523. The maximum Gasteiger partial charge on any atom is 0.303 e. The standard InChI is InChI=1S/C26H44NO3/c1-17-14-23-22(9-8-19(3)26(23,29)15-24(17)30-20(4)28)18(2)16-27-12-10-21(11-13-27)25(5,6)7/h14-15,18-19,21-24,29H,8-13,16H2,1-7H3/t18?,19-,22+,23-,24-,26-/m1/s1. The average molecular weight is 419 g/mol. The van der Waals surface area contributed by atoms with Crippen LogP contribution in [0.4, 0.5) is 0 Å². The highest BCUT2D eigenvalue weighted by atomic mass is 16.5. The van der Waals surface area contributed by atoms with Gasteiger partial charge in [-0.1, -0.05) is 40.7 Å². The van der Waals surface area contributed by atoms with Gasteiger partial charge in [-0.2, -0.15) is 0 Å². The number of piperidine rings is 1.